The van der Waals surface area contributed by atoms with Crippen molar-refractivity contribution in [2.45, 2.75) is 167 Å². The van der Waals surface area contributed by atoms with Gasteiger partial charge in [-0.25, -0.2) is 4.79 Å². The Hall–Kier alpha value is -0.690. The van der Waals surface area contributed by atoms with E-state index in [1.165, 1.54) is 44.9 Å². The Balaban J connectivity index is 1.15. The lowest BCUT2D eigenvalue weighted by molar-refractivity contribution is -0.518. The smallest absolute Gasteiger partial charge is 0.339 e. The molecule has 6 nitrogen and oxygen atoms in total. The Morgan fingerprint density at radius 1 is 0.750 bits per heavy atom. The fourth-order valence-electron chi connectivity index (χ4n) is 10.2. The van der Waals surface area contributed by atoms with Gasteiger partial charge in [-0.1, -0.05) is 80.1 Å². The average molecular weight is 561 g/mol. The maximum atomic E-state index is 14.5. The molecular formula is C34H56O6. The van der Waals surface area contributed by atoms with Gasteiger partial charge < -0.3 is 23.7 Å². The van der Waals surface area contributed by atoms with Gasteiger partial charge in [-0.05, 0) is 68.6 Å². The van der Waals surface area contributed by atoms with Crippen LogP contribution in [0.4, 0.5) is 0 Å². The van der Waals surface area contributed by atoms with Gasteiger partial charge in [0, 0.05) is 17.3 Å². The molecule has 0 aromatic carbocycles. The maximum absolute atomic E-state index is 14.5. The zero-order chi connectivity index (χ0) is 28.4. The largest absolute Gasteiger partial charge is 0.456 e. The van der Waals surface area contributed by atoms with Crippen LogP contribution in [0.25, 0.3) is 0 Å². The van der Waals surface area contributed by atoms with Crippen LogP contribution in [-0.2, 0) is 28.5 Å². The first-order valence-corrected chi connectivity index (χ1v) is 16.6. The minimum atomic E-state index is -1.08. The molecule has 6 aliphatic carbocycles. The first-order chi connectivity index (χ1) is 18.9. The van der Waals surface area contributed by atoms with Gasteiger partial charge in [0.05, 0.1) is 17.8 Å². The molecule has 6 fully saturated rings. The number of carbonyl (C=O) groups excluding carboxylic acids is 1. The Kier molecular flexibility index (Phi) is 7.49. The third-order valence-corrected chi connectivity index (χ3v) is 12.0. The topological polar surface area (TPSA) is 63.2 Å². The van der Waals surface area contributed by atoms with E-state index in [0.717, 1.165) is 44.9 Å². The van der Waals surface area contributed by atoms with Gasteiger partial charge in [-0.3, -0.25) is 0 Å². The summed E-state index contributed by atoms with van der Waals surface area (Å²) in [4.78, 5) is 14.5. The highest BCUT2D eigenvalue weighted by Gasteiger charge is 2.97. The predicted octanol–water partition coefficient (Wildman–Crippen LogP) is 7.71. The van der Waals surface area contributed by atoms with Crippen LogP contribution in [0.5, 0.6) is 0 Å². The zero-order valence-corrected chi connectivity index (χ0v) is 26.3. The molecule has 0 heterocycles. The second kappa shape index (κ2) is 10.2. The van der Waals surface area contributed by atoms with Gasteiger partial charge in [0.25, 0.3) is 0 Å². The van der Waals surface area contributed by atoms with Crippen LogP contribution in [-0.4, -0.2) is 48.6 Å². The number of esters is 1. The molecule has 0 aromatic heterocycles. The van der Waals surface area contributed by atoms with Crippen molar-refractivity contribution in [3.05, 3.63) is 0 Å². The lowest BCUT2D eigenvalue weighted by atomic mass is 9.14. The summed E-state index contributed by atoms with van der Waals surface area (Å²) in [6.07, 6.45) is 17.3. The molecule has 0 saturated heterocycles. The maximum Gasteiger partial charge on any atom is 0.339 e. The van der Waals surface area contributed by atoms with E-state index >= 15 is 0 Å². The Labute approximate surface area is 242 Å². The lowest BCUT2D eigenvalue weighted by Crippen LogP contribution is -2.98. The second-order valence-electron chi connectivity index (χ2n) is 16.7. The van der Waals surface area contributed by atoms with E-state index in [9.17, 15) is 4.79 Å². The van der Waals surface area contributed by atoms with Crippen LogP contribution in [0.1, 0.15) is 138 Å². The van der Waals surface area contributed by atoms with Gasteiger partial charge in [0.1, 0.15) is 19.2 Å². The Morgan fingerprint density at radius 2 is 1.30 bits per heavy atom. The predicted molar refractivity (Wildman–Crippen MR) is 154 cm³/mol. The first kappa shape index (κ1) is 29.4. The number of hydrogen-bond donors (Lipinski definition) is 0. The monoisotopic (exact) mass is 560 g/mol. The molecular weight excluding hydrogens is 504 g/mol. The van der Waals surface area contributed by atoms with E-state index in [2.05, 4.69) is 41.5 Å². The van der Waals surface area contributed by atoms with Crippen molar-refractivity contribution >= 4 is 5.97 Å². The van der Waals surface area contributed by atoms with Crippen LogP contribution < -0.4 is 0 Å². The molecule has 6 saturated carbocycles. The standard InChI is InChI=1S/C34H56O6/c1-29(2,3)20-33(30(4,5)6,39-23-37-27-15-11-8-12-16-27)28(35)40-32-19-25-17-24-18-31(21-32,34(24,25)32)38-22-36-26-13-9-7-10-14-26/h24-27H,7-23H2,1-6H3. The second-order valence-corrected chi connectivity index (χ2v) is 16.7. The quantitative estimate of drug-likeness (QED) is 0.191. The molecule has 0 amide bonds. The molecule has 0 aromatic rings. The molecule has 0 bridgehead atoms. The van der Waals surface area contributed by atoms with E-state index < -0.39 is 16.6 Å². The Bertz CT molecular complexity index is 933. The summed E-state index contributed by atoms with van der Waals surface area (Å²) in [6, 6.07) is 0. The van der Waals surface area contributed by atoms with E-state index in [4.69, 9.17) is 23.7 Å². The summed E-state index contributed by atoms with van der Waals surface area (Å²) in [5.74, 6) is 1.04. The number of carbonyl (C=O) groups is 1. The molecule has 6 heteroatoms. The Morgan fingerprint density at radius 3 is 1.82 bits per heavy atom. The molecule has 40 heavy (non-hydrogen) atoms. The number of rotatable bonds is 11. The van der Waals surface area contributed by atoms with E-state index in [1.807, 2.05) is 0 Å². The van der Waals surface area contributed by atoms with Crippen LogP contribution in [0.2, 0.25) is 0 Å². The van der Waals surface area contributed by atoms with Gasteiger partial charge in [-0.2, -0.15) is 0 Å². The molecule has 0 N–H and O–H groups in total. The summed E-state index contributed by atoms with van der Waals surface area (Å²) >= 11 is 0. The summed E-state index contributed by atoms with van der Waals surface area (Å²) in [5, 5.41) is 0. The SMILES string of the molecule is CC(C)(C)CC(OCOC1CCCCC1)(C(=O)OC12CC3CC4CC(OCOC5CCCCC5)(C1)C432)C(C)(C)C. The van der Waals surface area contributed by atoms with Crippen molar-refractivity contribution in [1.29, 1.82) is 0 Å². The number of hydrogen-bond acceptors (Lipinski definition) is 6. The highest BCUT2D eigenvalue weighted by atomic mass is 16.7. The molecule has 0 radical (unpaired) electrons. The van der Waals surface area contributed by atoms with Crippen molar-refractivity contribution in [1.82, 2.24) is 0 Å². The summed E-state index contributed by atoms with van der Waals surface area (Å²) in [5.41, 5.74) is -2.20. The minimum Gasteiger partial charge on any atom is -0.456 e. The van der Waals surface area contributed by atoms with Crippen molar-refractivity contribution in [3.63, 3.8) is 0 Å². The molecule has 6 aliphatic rings. The van der Waals surface area contributed by atoms with Crippen LogP contribution >= 0.6 is 0 Å². The van der Waals surface area contributed by atoms with Gasteiger partial charge in [-0.15, -0.1) is 0 Å². The van der Waals surface area contributed by atoms with Crippen molar-refractivity contribution in [3.8, 4) is 0 Å². The van der Waals surface area contributed by atoms with E-state index in [0.29, 0.717) is 31.2 Å². The van der Waals surface area contributed by atoms with Crippen LogP contribution in [0, 0.1) is 28.1 Å². The molecule has 6 rings (SSSR count). The highest BCUT2D eigenvalue weighted by Crippen LogP contribution is 2.92. The van der Waals surface area contributed by atoms with Crippen LogP contribution in [0.3, 0.4) is 0 Å². The van der Waals surface area contributed by atoms with Crippen LogP contribution in [0.15, 0.2) is 0 Å². The highest BCUT2D eigenvalue weighted by molar-refractivity contribution is 5.82. The first-order valence-electron chi connectivity index (χ1n) is 16.6. The van der Waals surface area contributed by atoms with Gasteiger partial charge in [0.15, 0.2) is 5.60 Å². The third kappa shape index (κ3) is 4.44. The van der Waals surface area contributed by atoms with E-state index in [-0.39, 0.29) is 35.3 Å². The van der Waals surface area contributed by atoms with Crippen molar-refractivity contribution in [2.24, 2.45) is 28.1 Å². The van der Waals surface area contributed by atoms with Crippen molar-refractivity contribution in [2.75, 3.05) is 13.6 Å². The fraction of sp³-hybridized carbons (Fsp3) is 0.971. The van der Waals surface area contributed by atoms with Gasteiger partial charge >= 0.3 is 5.97 Å². The van der Waals surface area contributed by atoms with E-state index in [1.54, 1.807) is 0 Å². The normalized spacial score (nSPS) is 39.0. The molecule has 6 atom stereocenters. The minimum absolute atomic E-state index is 0.00946. The summed E-state index contributed by atoms with van der Waals surface area (Å²) < 4.78 is 32.4. The zero-order valence-electron chi connectivity index (χ0n) is 26.3. The van der Waals surface area contributed by atoms with Gasteiger partial charge in [0.2, 0.25) is 0 Å². The summed E-state index contributed by atoms with van der Waals surface area (Å²) in [7, 11) is 0. The number of ether oxygens (including phenoxy) is 5. The average Bonchev–Trinajstić information content (AvgIpc) is 2.84. The summed E-state index contributed by atoms with van der Waals surface area (Å²) in [6.45, 7) is 13.4. The molecule has 228 valence electrons. The van der Waals surface area contributed by atoms with Crippen molar-refractivity contribution < 1.29 is 28.5 Å². The molecule has 0 aliphatic heterocycles. The fourth-order valence-corrected chi connectivity index (χ4v) is 10.2. The third-order valence-electron chi connectivity index (χ3n) is 12.0. The lowest BCUT2D eigenvalue weighted by Gasteiger charge is -2.92. The molecule has 1 spiro atoms. The molecule has 6 unspecified atom stereocenters.